The van der Waals surface area contributed by atoms with Gasteiger partial charge in [-0.25, -0.2) is 0 Å². The van der Waals surface area contributed by atoms with Crippen LogP contribution in [-0.4, -0.2) is 57.2 Å². The lowest BCUT2D eigenvalue weighted by atomic mass is 10.0. The van der Waals surface area contributed by atoms with E-state index in [-0.39, 0.29) is 17.9 Å². The number of carbonyl (C=O) groups is 2. The van der Waals surface area contributed by atoms with Crippen LogP contribution in [-0.2, 0) is 11.2 Å². The van der Waals surface area contributed by atoms with Gasteiger partial charge in [0.2, 0.25) is 5.91 Å². The summed E-state index contributed by atoms with van der Waals surface area (Å²) in [5.74, 6) is 1.78. The molecule has 0 aliphatic carbocycles. The molecule has 0 atom stereocenters. The first-order chi connectivity index (χ1) is 14.5. The lowest BCUT2D eigenvalue weighted by Crippen LogP contribution is -2.47. The fourth-order valence-electron chi connectivity index (χ4n) is 3.59. The van der Waals surface area contributed by atoms with Gasteiger partial charge >= 0.3 is 0 Å². The first kappa shape index (κ1) is 21.5. The molecule has 0 saturated carbocycles. The van der Waals surface area contributed by atoms with Crippen molar-refractivity contribution in [2.45, 2.75) is 25.3 Å². The highest BCUT2D eigenvalue weighted by molar-refractivity contribution is 5.95. The van der Waals surface area contributed by atoms with Crippen LogP contribution >= 0.6 is 0 Å². The molecule has 7 nitrogen and oxygen atoms in total. The highest BCUT2D eigenvalue weighted by atomic mass is 16.5. The van der Waals surface area contributed by atoms with Gasteiger partial charge in [0.05, 0.1) is 27.8 Å². The van der Waals surface area contributed by atoms with E-state index in [4.69, 9.17) is 14.2 Å². The zero-order valence-electron chi connectivity index (χ0n) is 17.6. The molecule has 1 aliphatic rings. The normalized spacial score (nSPS) is 14.2. The van der Waals surface area contributed by atoms with E-state index in [1.165, 1.54) is 7.11 Å². The summed E-state index contributed by atoms with van der Waals surface area (Å²) >= 11 is 0. The molecule has 1 heterocycles. The highest BCUT2D eigenvalue weighted by Crippen LogP contribution is 2.27. The Morgan fingerprint density at radius 2 is 1.70 bits per heavy atom. The van der Waals surface area contributed by atoms with Gasteiger partial charge in [-0.2, -0.15) is 0 Å². The van der Waals surface area contributed by atoms with E-state index in [9.17, 15) is 9.59 Å². The predicted octanol–water partition coefficient (Wildman–Crippen LogP) is 2.68. The molecule has 2 aromatic rings. The molecule has 0 bridgehead atoms. The van der Waals surface area contributed by atoms with Crippen LogP contribution in [0.5, 0.6) is 17.2 Å². The second-order valence-electron chi connectivity index (χ2n) is 7.23. The van der Waals surface area contributed by atoms with Gasteiger partial charge in [0.1, 0.15) is 5.75 Å². The Hall–Kier alpha value is -3.22. The van der Waals surface area contributed by atoms with Crippen molar-refractivity contribution in [1.29, 1.82) is 0 Å². The molecular formula is C23H28N2O5. The Balaban J connectivity index is 1.51. The number of methoxy groups -OCH3 is 3. The number of benzene rings is 2. The minimum Gasteiger partial charge on any atom is -0.497 e. The third kappa shape index (κ3) is 5.23. The minimum absolute atomic E-state index is 0.0338. The van der Waals surface area contributed by atoms with Crippen molar-refractivity contribution in [2.24, 2.45) is 0 Å². The molecular weight excluding hydrogens is 384 g/mol. The number of piperidine rings is 1. The molecule has 0 radical (unpaired) electrons. The maximum Gasteiger partial charge on any atom is 0.251 e. The summed E-state index contributed by atoms with van der Waals surface area (Å²) in [6.45, 7) is 1.25. The van der Waals surface area contributed by atoms with Gasteiger partial charge in [-0.1, -0.05) is 12.1 Å². The summed E-state index contributed by atoms with van der Waals surface area (Å²) in [6.07, 6.45) is 1.80. The van der Waals surface area contributed by atoms with Crippen LogP contribution in [0.1, 0.15) is 28.8 Å². The van der Waals surface area contributed by atoms with Crippen molar-refractivity contribution in [3.8, 4) is 17.2 Å². The summed E-state index contributed by atoms with van der Waals surface area (Å²) in [5, 5.41) is 3.06. The van der Waals surface area contributed by atoms with E-state index in [1.807, 2.05) is 29.2 Å². The van der Waals surface area contributed by atoms with Crippen molar-refractivity contribution in [3.63, 3.8) is 0 Å². The van der Waals surface area contributed by atoms with E-state index in [2.05, 4.69) is 5.32 Å². The summed E-state index contributed by atoms with van der Waals surface area (Å²) < 4.78 is 15.7. The summed E-state index contributed by atoms with van der Waals surface area (Å²) in [4.78, 5) is 27.1. The van der Waals surface area contributed by atoms with Crippen molar-refractivity contribution < 1.29 is 23.8 Å². The van der Waals surface area contributed by atoms with Gasteiger partial charge in [0, 0.05) is 24.7 Å². The van der Waals surface area contributed by atoms with Crippen LogP contribution < -0.4 is 19.5 Å². The number of nitrogens with zero attached hydrogens (tertiary/aromatic N) is 1. The molecule has 0 aromatic heterocycles. The standard InChI is InChI=1S/C23H28N2O5/c1-28-19-6-4-5-16(13-19)14-22(26)25-11-9-18(10-12-25)24-23(27)17-7-8-20(29-2)21(15-17)30-3/h4-8,13,15,18H,9-12,14H2,1-3H3,(H,24,27). The molecule has 0 spiro atoms. The molecule has 0 unspecified atom stereocenters. The van der Waals surface area contributed by atoms with Crippen molar-refractivity contribution in [3.05, 3.63) is 53.6 Å². The van der Waals surface area contributed by atoms with Crippen LogP contribution in [0, 0.1) is 0 Å². The molecule has 2 amide bonds. The molecule has 7 heteroatoms. The molecule has 1 N–H and O–H groups in total. The van der Waals surface area contributed by atoms with Crippen LogP contribution in [0.15, 0.2) is 42.5 Å². The molecule has 160 valence electrons. The van der Waals surface area contributed by atoms with Crippen molar-refractivity contribution >= 4 is 11.8 Å². The second-order valence-corrected chi connectivity index (χ2v) is 7.23. The lowest BCUT2D eigenvalue weighted by molar-refractivity contribution is -0.131. The maximum atomic E-state index is 12.6. The van der Waals surface area contributed by atoms with E-state index < -0.39 is 0 Å². The topological polar surface area (TPSA) is 77.1 Å². The predicted molar refractivity (Wildman–Crippen MR) is 113 cm³/mol. The number of hydrogen-bond donors (Lipinski definition) is 1. The van der Waals surface area contributed by atoms with E-state index in [0.29, 0.717) is 36.6 Å². The Kier molecular flexibility index (Phi) is 7.17. The van der Waals surface area contributed by atoms with Gasteiger partial charge in [-0.15, -0.1) is 0 Å². The molecule has 3 rings (SSSR count). The quantitative estimate of drug-likeness (QED) is 0.757. The molecule has 30 heavy (non-hydrogen) atoms. The van der Waals surface area contributed by atoms with Crippen LogP contribution in [0.4, 0.5) is 0 Å². The second kappa shape index (κ2) is 10.0. The Morgan fingerprint density at radius 1 is 0.967 bits per heavy atom. The fraction of sp³-hybridized carbons (Fsp3) is 0.391. The van der Waals surface area contributed by atoms with E-state index in [0.717, 1.165) is 24.2 Å². The Bertz CT molecular complexity index is 891. The number of rotatable bonds is 7. The lowest BCUT2D eigenvalue weighted by Gasteiger charge is -2.32. The van der Waals surface area contributed by atoms with Gasteiger partial charge < -0.3 is 24.4 Å². The van der Waals surface area contributed by atoms with Gasteiger partial charge in [-0.3, -0.25) is 9.59 Å². The zero-order valence-corrected chi connectivity index (χ0v) is 17.6. The minimum atomic E-state index is -0.155. The van der Waals surface area contributed by atoms with Gasteiger partial charge in [0.15, 0.2) is 11.5 Å². The average Bonchev–Trinajstić information content (AvgIpc) is 2.79. The Labute approximate surface area is 176 Å². The van der Waals surface area contributed by atoms with Crippen molar-refractivity contribution in [2.75, 3.05) is 34.4 Å². The van der Waals surface area contributed by atoms with Gasteiger partial charge in [0.25, 0.3) is 5.91 Å². The third-order valence-corrected chi connectivity index (χ3v) is 5.32. The monoisotopic (exact) mass is 412 g/mol. The number of hydrogen-bond acceptors (Lipinski definition) is 5. The fourth-order valence-corrected chi connectivity index (χ4v) is 3.59. The number of likely N-dealkylation sites (tertiary alicyclic amines) is 1. The number of nitrogens with one attached hydrogen (secondary N) is 1. The molecule has 2 aromatic carbocycles. The molecule has 1 fully saturated rings. The summed E-state index contributed by atoms with van der Waals surface area (Å²) in [5.41, 5.74) is 1.45. The van der Waals surface area contributed by atoms with E-state index in [1.54, 1.807) is 32.4 Å². The summed E-state index contributed by atoms with van der Waals surface area (Å²) in [6, 6.07) is 12.7. The van der Waals surface area contributed by atoms with Crippen LogP contribution in [0.2, 0.25) is 0 Å². The zero-order chi connectivity index (χ0) is 21.5. The molecule has 1 saturated heterocycles. The number of amides is 2. The summed E-state index contributed by atoms with van der Waals surface area (Å²) in [7, 11) is 4.71. The molecule has 1 aliphatic heterocycles. The van der Waals surface area contributed by atoms with Gasteiger partial charge in [-0.05, 0) is 48.7 Å². The third-order valence-electron chi connectivity index (χ3n) is 5.32. The first-order valence-electron chi connectivity index (χ1n) is 9.97. The van der Waals surface area contributed by atoms with Crippen molar-refractivity contribution in [1.82, 2.24) is 10.2 Å². The Morgan fingerprint density at radius 3 is 2.37 bits per heavy atom. The smallest absolute Gasteiger partial charge is 0.251 e. The van der Waals surface area contributed by atoms with Crippen LogP contribution in [0.25, 0.3) is 0 Å². The first-order valence-corrected chi connectivity index (χ1v) is 9.97. The van der Waals surface area contributed by atoms with Crippen LogP contribution in [0.3, 0.4) is 0 Å². The van der Waals surface area contributed by atoms with E-state index >= 15 is 0 Å². The average molecular weight is 412 g/mol. The number of carbonyl (C=O) groups excluding carboxylic acids is 2. The largest absolute Gasteiger partial charge is 0.497 e. The number of ether oxygens (including phenoxy) is 3. The SMILES string of the molecule is COc1cccc(CC(=O)N2CCC(NC(=O)c3ccc(OC)c(OC)c3)CC2)c1. The highest BCUT2D eigenvalue weighted by Gasteiger charge is 2.24. The maximum absolute atomic E-state index is 12.6.